The summed E-state index contributed by atoms with van der Waals surface area (Å²) in [6.07, 6.45) is 7.60. The lowest BCUT2D eigenvalue weighted by atomic mass is 10.1. The number of carbonyl (C=O) groups is 1. The standard InChI is InChI=1S/C20H22N6O/c27-20(23-12-17-5-1-2-8-22-17)10-19-15-25(13-16-4-3-7-21-11-16)14-18-6-9-24-26(18)19/h1-9,11,19H,10,12-15H2,(H,23,27)/t19-/m1/s1. The molecule has 138 valence electrons. The van der Waals surface area contributed by atoms with E-state index < -0.39 is 0 Å². The molecule has 7 nitrogen and oxygen atoms in total. The van der Waals surface area contributed by atoms with E-state index in [2.05, 4.69) is 31.3 Å². The van der Waals surface area contributed by atoms with E-state index in [1.807, 2.05) is 47.4 Å². The monoisotopic (exact) mass is 362 g/mol. The van der Waals surface area contributed by atoms with E-state index in [1.165, 1.54) is 5.56 Å². The van der Waals surface area contributed by atoms with Crippen molar-refractivity contribution in [2.45, 2.75) is 32.1 Å². The predicted octanol–water partition coefficient (Wildman–Crippen LogP) is 1.94. The topological polar surface area (TPSA) is 75.9 Å². The molecule has 0 aromatic carbocycles. The second-order valence-electron chi connectivity index (χ2n) is 6.75. The van der Waals surface area contributed by atoms with Crippen molar-refractivity contribution in [1.29, 1.82) is 0 Å². The van der Waals surface area contributed by atoms with Gasteiger partial charge in [-0.15, -0.1) is 0 Å². The minimum absolute atomic E-state index is 0.00957. The number of pyridine rings is 2. The van der Waals surface area contributed by atoms with E-state index in [0.717, 1.165) is 31.0 Å². The highest BCUT2D eigenvalue weighted by Gasteiger charge is 2.27. The summed E-state index contributed by atoms with van der Waals surface area (Å²) in [6, 6.07) is 11.8. The quantitative estimate of drug-likeness (QED) is 0.725. The molecule has 7 heteroatoms. The van der Waals surface area contributed by atoms with E-state index in [1.54, 1.807) is 12.4 Å². The van der Waals surface area contributed by atoms with Crippen molar-refractivity contribution < 1.29 is 4.79 Å². The fourth-order valence-electron chi connectivity index (χ4n) is 3.46. The van der Waals surface area contributed by atoms with Crippen LogP contribution < -0.4 is 5.32 Å². The van der Waals surface area contributed by atoms with E-state index in [9.17, 15) is 4.79 Å². The summed E-state index contributed by atoms with van der Waals surface area (Å²) in [7, 11) is 0. The first-order valence-corrected chi connectivity index (χ1v) is 9.08. The zero-order valence-corrected chi connectivity index (χ0v) is 15.0. The van der Waals surface area contributed by atoms with E-state index >= 15 is 0 Å². The van der Waals surface area contributed by atoms with Gasteiger partial charge in [-0.25, -0.2) is 0 Å². The first kappa shape index (κ1) is 17.4. The Balaban J connectivity index is 1.39. The number of carbonyl (C=O) groups excluding carboxylic acids is 1. The number of rotatable bonds is 6. The second kappa shape index (κ2) is 8.09. The molecule has 1 N–H and O–H groups in total. The largest absolute Gasteiger partial charge is 0.350 e. The first-order valence-electron chi connectivity index (χ1n) is 9.08. The van der Waals surface area contributed by atoms with Gasteiger partial charge in [0.15, 0.2) is 0 Å². The van der Waals surface area contributed by atoms with Gasteiger partial charge in [-0.3, -0.25) is 24.3 Å². The molecule has 27 heavy (non-hydrogen) atoms. The lowest BCUT2D eigenvalue weighted by molar-refractivity contribution is -0.122. The molecule has 0 spiro atoms. The fourth-order valence-corrected chi connectivity index (χ4v) is 3.46. The van der Waals surface area contributed by atoms with Crippen LogP contribution in [0.4, 0.5) is 0 Å². The molecule has 0 saturated carbocycles. The maximum atomic E-state index is 12.5. The van der Waals surface area contributed by atoms with Crippen LogP contribution in [0.2, 0.25) is 0 Å². The van der Waals surface area contributed by atoms with Crippen molar-refractivity contribution in [3.63, 3.8) is 0 Å². The lowest BCUT2D eigenvalue weighted by Crippen LogP contribution is -2.39. The maximum Gasteiger partial charge on any atom is 0.222 e. The Morgan fingerprint density at radius 2 is 2.11 bits per heavy atom. The Labute approximate surface area is 158 Å². The van der Waals surface area contributed by atoms with Crippen LogP contribution in [0, 0.1) is 0 Å². The highest BCUT2D eigenvalue weighted by molar-refractivity contribution is 5.76. The van der Waals surface area contributed by atoms with Crippen molar-refractivity contribution in [3.05, 3.63) is 78.1 Å². The SMILES string of the molecule is O=C(C[C@@H]1CN(Cc2cccnc2)Cc2ccnn21)NCc1ccccn1. The van der Waals surface area contributed by atoms with Gasteiger partial charge in [0.2, 0.25) is 5.91 Å². The van der Waals surface area contributed by atoms with Crippen LogP contribution in [0.3, 0.4) is 0 Å². The molecule has 0 saturated heterocycles. The van der Waals surface area contributed by atoms with Crippen LogP contribution in [0.5, 0.6) is 0 Å². The molecule has 1 aliphatic rings. The lowest BCUT2D eigenvalue weighted by Gasteiger charge is -2.33. The highest BCUT2D eigenvalue weighted by Crippen LogP contribution is 2.24. The third-order valence-corrected chi connectivity index (χ3v) is 4.70. The maximum absolute atomic E-state index is 12.5. The Morgan fingerprint density at radius 3 is 2.93 bits per heavy atom. The average molecular weight is 362 g/mol. The molecule has 0 fully saturated rings. The van der Waals surface area contributed by atoms with Gasteiger partial charge >= 0.3 is 0 Å². The number of amides is 1. The van der Waals surface area contributed by atoms with Gasteiger partial charge in [0, 0.05) is 44.4 Å². The summed E-state index contributed by atoms with van der Waals surface area (Å²) in [6.45, 7) is 2.85. The summed E-state index contributed by atoms with van der Waals surface area (Å²) in [4.78, 5) is 23.2. The van der Waals surface area contributed by atoms with Crippen LogP contribution in [0.1, 0.15) is 29.4 Å². The molecule has 0 unspecified atom stereocenters. The van der Waals surface area contributed by atoms with Gasteiger partial charge in [-0.2, -0.15) is 5.10 Å². The number of aromatic nitrogens is 4. The molecule has 1 amide bonds. The van der Waals surface area contributed by atoms with E-state index in [4.69, 9.17) is 0 Å². The Kier molecular flexibility index (Phi) is 5.20. The molecular formula is C20H22N6O. The second-order valence-corrected chi connectivity index (χ2v) is 6.75. The summed E-state index contributed by atoms with van der Waals surface area (Å²) < 4.78 is 1.99. The Bertz CT molecular complexity index is 880. The minimum Gasteiger partial charge on any atom is -0.350 e. The van der Waals surface area contributed by atoms with Gasteiger partial charge in [0.25, 0.3) is 0 Å². The minimum atomic E-state index is 0.00957. The zero-order valence-electron chi connectivity index (χ0n) is 15.0. The molecule has 3 aromatic heterocycles. The molecular weight excluding hydrogens is 340 g/mol. The summed E-state index contributed by atoms with van der Waals surface area (Å²) in [5.41, 5.74) is 3.16. The number of hydrogen-bond donors (Lipinski definition) is 1. The van der Waals surface area contributed by atoms with Gasteiger partial charge < -0.3 is 5.32 Å². The van der Waals surface area contributed by atoms with Crippen molar-refractivity contribution in [2.24, 2.45) is 0 Å². The van der Waals surface area contributed by atoms with Crippen molar-refractivity contribution in [1.82, 2.24) is 30.0 Å². The highest BCUT2D eigenvalue weighted by atomic mass is 16.1. The van der Waals surface area contributed by atoms with Crippen molar-refractivity contribution in [2.75, 3.05) is 6.54 Å². The smallest absolute Gasteiger partial charge is 0.222 e. The van der Waals surface area contributed by atoms with Crippen LogP contribution in [0.15, 0.2) is 61.2 Å². The van der Waals surface area contributed by atoms with Gasteiger partial charge in [-0.05, 0) is 29.8 Å². The van der Waals surface area contributed by atoms with E-state index in [-0.39, 0.29) is 11.9 Å². The molecule has 3 aromatic rings. The normalized spacial score (nSPS) is 16.7. The van der Waals surface area contributed by atoms with Crippen LogP contribution in [-0.4, -0.2) is 37.1 Å². The summed E-state index contributed by atoms with van der Waals surface area (Å²) in [5.74, 6) is 0.00957. The first-order chi connectivity index (χ1) is 13.3. The Hall–Kier alpha value is -3.06. The van der Waals surface area contributed by atoms with Gasteiger partial charge in [0.05, 0.1) is 30.4 Å². The molecule has 4 heterocycles. The molecule has 0 radical (unpaired) electrons. The number of hydrogen-bond acceptors (Lipinski definition) is 5. The van der Waals surface area contributed by atoms with E-state index in [0.29, 0.717) is 13.0 Å². The van der Waals surface area contributed by atoms with Crippen molar-refractivity contribution >= 4 is 5.91 Å². The Morgan fingerprint density at radius 1 is 1.15 bits per heavy atom. The van der Waals surface area contributed by atoms with Gasteiger partial charge in [-0.1, -0.05) is 12.1 Å². The number of fused-ring (bicyclic) bond motifs is 1. The predicted molar refractivity (Wildman–Crippen MR) is 100 cm³/mol. The summed E-state index contributed by atoms with van der Waals surface area (Å²) in [5, 5.41) is 7.40. The average Bonchev–Trinajstić information content (AvgIpc) is 3.17. The van der Waals surface area contributed by atoms with Gasteiger partial charge in [0.1, 0.15) is 0 Å². The molecule has 4 rings (SSSR count). The molecule has 1 atom stereocenters. The molecule has 0 aliphatic carbocycles. The molecule has 0 bridgehead atoms. The summed E-state index contributed by atoms with van der Waals surface area (Å²) >= 11 is 0. The fraction of sp³-hybridized carbons (Fsp3) is 0.300. The van der Waals surface area contributed by atoms with Crippen LogP contribution >= 0.6 is 0 Å². The molecule has 1 aliphatic heterocycles. The van der Waals surface area contributed by atoms with Crippen LogP contribution in [-0.2, 0) is 24.4 Å². The number of nitrogens with one attached hydrogen (secondary N) is 1. The zero-order chi connectivity index (χ0) is 18.5. The third kappa shape index (κ3) is 4.38. The third-order valence-electron chi connectivity index (χ3n) is 4.70. The van der Waals surface area contributed by atoms with Crippen molar-refractivity contribution in [3.8, 4) is 0 Å². The van der Waals surface area contributed by atoms with Crippen LogP contribution in [0.25, 0.3) is 0 Å². The number of nitrogens with zero attached hydrogens (tertiary/aromatic N) is 5.